The molecule has 1 N–H and O–H groups in total. The third kappa shape index (κ3) is 5.41. The van der Waals surface area contributed by atoms with Crippen molar-refractivity contribution in [3.8, 4) is 0 Å². The highest BCUT2D eigenvalue weighted by Crippen LogP contribution is 2.40. The number of imidazole rings is 1. The van der Waals surface area contributed by atoms with Crippen LogP contribution in [0.3, 0.4) is 0 Å². The van der Waals surface area contributed by atoms with Crippen molar-refractivity contribution in [1.82, 2.24) is 19.5 Å². The molecule has 196 valence electrons. The van der Waals surface area contributed by atoms with E-state index in [2.05, 4.69) is 65.3 Å². The summed E-state index contributed by atoms with van der Waals surface area (Å²) >= 11 is 0. The molecule has 0 saturated carbocycles. The molecule has 0 spiro atoms. The van der Waals surface area contributed by atoms with Crippen LogP contribution in [0.25, 0.3) is 11.2 Å². The van der Waals surface area contributed by atoms with Gasteiger partial charge in [0.1, 0.15) is 12.4 Å². The molecule has 9 nitrogen and oxygen atoms in total. The fourth-order valence-corrected chi connectivity index (χ4v) is 5.72. The number of aryl methyl sites for hydroxylation is 1. The molecule has 1 aliphatic heterocycles. The summed E-state index contributed by atoms with van der Waals surface area (Å²) in [6.45, 7) is 11.9. The maximum Gasteiger partial charge on any atom is 0.303 e. The van der Waals surface area contributed by atoms with Gasteiger partial charge in [0, 0.05) is 13.3 Å². The number of hydrogen-bond acceptors (Lipinski definition) is 8. The number of aromatic nitrogens is 4. The second-order valence-electron chi connectivity index (χ2n) is 11.4. The van der Waals surface area contributed by atoms with Gasteiger partial charge in [0.25, 0.3) is 0 Å². The summed E-state index contributed by atoms with van der Waals surface area (Å²) in [7, 11) is 0.309. The van der Waals surface area contributed by atoms with Crippen LogP contribution in [0, 0.1) is 0 Å². The van der Waals surface area contributed by atoms with Gasteiger partial charge < -0.3 is 19.2 Å². The van der Waals surface area contributed by atoms with Gasteiger partial charge in [-0.25, -0.2) is 15.0 Å². The number of nitrogens with one attached hydrogen (secondary N) is 1. The third-order valence-corrected chi connectivity index (χ3v) is 8.10. The zero-order valence-corrected chi connectivity index (χ0v) is 23.3. The second kappa shape index (κ2) is 9.81. The lowest BCUT2D eigenvalue weighted by atomic mass is 9.98. The van der Waals surface area contributed by atoms with E-state index in [9.17, 15) is 4.79 Å². The summed E-state index contributed by atoms with van der Waals surface area (Å²) in [4.78, 5) is 25.7. The van der Waals surface area contributed by atoms with Crippen molar-refractivity contribution in [1.29, 1.82) is 0 Å². The Hall–Kier alpha value is -2.82. The van der Waals surface area contributed by atoms with E-state index in [0.717, 1.165) is 12.8 Å². The van der Waals surface area contributed by atoms with Gasteiger partial charge in [-0.2, -0.15) is 0 Å². The van der Waals surface area contributed by atoms with Crippen molar-refractivity contribution in [3.63, 3.8) is 0 Å². The van der Waals surface area contributed by atoms with E-state index >= 15 is 0 Å². The highest BCUT2D eigenvalue weighted by atomic mass is 28.2. The smallest absolute Gasteiger partial charge is 0.303 e. The lowest BCUT2D eigenvalue weighted by molar-refractivity contribution is -0.153. The molecule has 4 atom stereocenters. The summed E-state index contributed by atoms with van der Waals surface area (Å²) in [5, 5.41) is 3.63. The first-order valence-electron chi connectivity index (χ1n) is 12.8. The van der Waals surface area contributed by atoms with Crippen molar-refractivity contribution in [3.05, 3.63) is 48.0 Å². The molecule has 1 aromatic carbocycles. The number of carbonyl (C=O) groups excluding carboxylic acids is 1. The first-order valence-corrected chi connectivity index (χ1v) is 13.7. The molecule has 5 rings (SSSR count). The molecule has 2 aliphatic rings. The van der Waals surface area contributed by atoms with Crippen LogP contribution >= 0.6 is 0 Å². The number of nitrogens with zero attached hydrogens (tertiary/aromatic N) is 4. The van der Waals surface area contributed by atoms with Crippen LogP contribution in [-0.2, 0) is 25.1 Å². The Morgan fingerprint density at radius 3 is 2.70 bits per heavy atom. The predicted octanol–water partition coefficient (Wildman–Crippen LogP) is 4.78. The molecule has 0 unspecified atom stereocenters. The summed E-state index contributed by atoms with van der Waals surface area (Å²) in [6, 6.07) is 8.66. The Balaban J connectivity index is 1.41. The average molecular weight is 522 g/mol. The zero-order chi connectivity index (χ0) is 26.4. The van der Waals surface area contributed by atoms with Gasteiger partial charge in [0.2, 0.25) is 9.76 Å². The van der Waals surface area contributed by atoms with Crippen LogP contribution in [0.4, 0.5) is 5.82 Å². The molecule has 2 aromatic heterocycles. The van der Waals surface area contributed by atoms with Crippen molar-refractivity contribution in [2.24, 2.45) is 0 Å². The normalized spacial score (nSPS) is 23.8. The minimum absolute atomic E-state index is 0.0469. The van der Waals surface area contributed by atoms with Crippen LogP contribution in [-0.4, -0.2) is 53.1 Å². The van der Waals surface area contributed by atoms with Crippen molar-refractivity contribution in [2.45, 2.75) is 95.9 Å². The lowest BCUT2D eigenvalue weighted by Crippen LogP contribution is -2.41. The van der Waals surface area contributed by atoms with E-state index in [1.807, 2.05) is 18.4 Å². The molecule has 0 amide bonds. The van der Waals surface area contributed by atoms with E-state index in [1.54, 1.807) is 6.33 Å². The number of carbonyl (C=O) groups is 1. The van der Waals surface area contributed by atoms with Crippen LogP contribution < -0.4 is 5.32 Å². The first-order chi connectivity index (χ1) is 17.5. The highest BCUT2D eigenvalue weighted by Gasteiger charge is 2.47. The predicted molar refractivity (Wildman–Crippen MR) is 141 cm³/mol. The van der Waals surface area contributed by atoms with Crippen LogP contribution in [0.5, 0.6) is 0 Å². The summed E-state index contributed by atoms with van der Waals surface area (Å²) in [5.41, 5.74) is 3.38. The molecular weight excluding hydrogens is 486 g/mol. The van der Waals surface area contributed by atoms with Crippen molar-refractivity contribution < 1.29 is 18.7 Å². The van der Waals surface area contributed by atoms with Crippen LogP contribution in [0.15, 0.2) is 36.9 Å². The second-order valence-corrected chi connectivity index (χ2v) is 13.3. The van der Waals surface area contributed by atoms with Gasteiger partial charge in [-0.3, -0.25) is 9.36 Å². The van der Waals surface area contributed by atoms with Gasteiger partial charge >= 0.3 is 5.97 Å². The first kappa shape index (κ1) is 25.8. The van der Waals surface area contributed by atoms with Crippen molar-refractivity contribution in [2.75, 3.05) is 5.32 Å². The summed E-state index contributed by atoms with van der Waals surface area (Å²) in [6.07, 6.45) is 4.44. The SMILES string of the molecule is CC(=O)O[C@@H]1C[C@@H](C(C)(C)O[Si]C(C)(C)C)O[C@H]1n1cnc2c(N[C@H]3CCc4ccccc43)ncnc21. The maximum absolute atomic E-state index is 12.0. The number of rotatable bonds is 7. The number of benzene rings is 1. The Morgan fingerprint density at radius 2 is 1.95 bits per heavy atom. The minimum Gasteiger partial charge on any atom is -0.458 e. The topological polar surface area (TPSA) is 100 Å². The van der Waals surface area contributed by atoms with Gasteiger partial charge in [0.05, 0.1) is 24.1 Å². The van der Waals surface area contributed by atoms with E-state index in [1.165, 1.54) is 24.4 Å². The zero-order valence-electron chi connectivity index (χ0n) is 22.3. The van der Waals surface area contributed by atoms with Crippen LogP contribution in [0.1, 0.15) is 77.8 Å². The van der Waals surface area contributed by atoms with E-state index in [4.69, 9.17) is 13.9 Å². The molecule has 0 bridgehead atoms. The number of hydrogen-bond donors (Lipinski definition) is 1. The number of fused-ring (bicyclic) bond motifs is 2. The Kier molecular flexibility index (Phi) is 6.84. The Bertz CT molecular complexity index is 1290. The fourth-order valence-electron chi connectivity index (χ4n) is 5.02. The molecule has 1 saturated heterocycles. The largest absolute Gasteiger partial charge is 0.458 e. The molecule has 1 aliphatic carbocycles. The number of anilines is 1. The molecule has 1 fully saturated rings. The highest BCUT2D eigenvalue weighted by molar-refractivity contribution is 6.31. The van der Waals surface area contributed by atoms with E-state index in [0.29, 0.717) is 33.2 Å². The van der Waals surface area contributed by atoms with Crippen LogP contribution in [0.2, 0.25) is 5.04 Å². The van der Waals surface area contributed by atoms with E-state index < -0.39 is 17.9 Å². The minimum atomic E-state index is -0.574. The van der Waals surface area contributed by atoms with Gasteiger partial charge in [-0.05, 0) is 42.9 Å². The lowest BCUT2D eigenvalue weighted by Gasteiger charge is -2.33. The van der Waals surface area contributed by atoms with Gasteiger partial charge in [-0.1, -0.05) is 45.0 Å². The average Bonchev–Trinajstić information content (AvgIpc) is 3.55. The fraction of sp³-hybridized carbons (Fsp3) is 0.556. The molecule has 37 heavy (non-hydrogen) atoms. The molecule has 2 radical (unpaired) electrons. The third-order valence-electron chi connectivity index (χ3n) is 6.86. The molecule has 10 heteroatoms. The Morgan fingerprint density at radius 1 is 1.16 bits per heavy atom. The standard InChI is InChI=1S/C27H35N5O4Si/c1-16(33)34-20-13-21(27(5,6)36-37-26(2,3)4)35-25(20)32-15-30-22-23(28-14-29-24(22)32)31-19-12-11-17-9-7-8-10-18(17)19/h7-10,14-15,19-21,25H,11-13H2,1-6H3,(H,28,29,31)/t19-,20+,21-,25+/m0/s1. The van der Waals surface area contributed by atoms with Gasteiger partial charge in [-0.15, -0.1) is 0 Å². The Labute approximate surface area is 220 Å². The molecular formula is C27H35N5O4Si. The molecule has 3 aromatic rings. The summed E-state index contributed by atoms with van der Waals surface area (Å²) < 4.78 is 20.4. The monoisotopic (exact) mass is 521 g/mol. The number of esters is 1. The van der Waals surface area contributed by atoms with Crippen molar-refractivity contribution >= 4 is 32.7 Å². The quantitative estimate of drug-likeness (QED) is 0.350. The molecule has 3 heterocycles. The van der Waals surface area contributed by atoms with Gasteiger partial charge in [0.15, 0.2) is 23.2 Å². The maximum atomic E-state index is 12.0. The van der Waals surface area contributed by atoms with E-state index in [-0.39, 0.29) is 23.2 Å². The summed E-state index contributed by atoms with van der Waals surface area (Å²) in [5.74, 6) is 0.329. The number of ether oxygens (including phenoxy) is 2.